The molecule has 0 aliphatic carbocycles. The standard InChI is InChI=1S/C19H22N4O2S.C5H12/c1-4-5-8-23-13-6-7-21-18(20-3)17(13)22-19(23)26-16-10-15-14(9-12(16)2)24-11-25-15;1-5(2,3)4/h6-7,9-10H,4-5,8,11H2,1-3H3,(H,20,21);1-4H3. The molecule has 1 N–H and O–H groups in total. The van der Waals surface area contributed by atoms with Crippen LogP contribution in [0.25, 0.3) is 11.0 Å². The highest BCUT2D eigenvalue weighted by Gasteiger charge is 2.19. The summed E-state index contributed by atoms with van der Waals surface area (Å²) >= 11 is 1.66. The average molecular weight is 443 g/mol. The highest BCUT2D eigenvalue weighted by molar-refractivity contribution is 7.99. The van der Waals surface area contributed by atoms with Crippen molar-refractivity contribution in [3.63, 3.8) is 0 Å². The minimum atomic E-state index is 0.287. The van der Waals surface area contributed by atoms with E-state index in [4.69, 9.17) is 14.5 Å². The summed E-state index contributed by atoms with van der Waals surface area (Å²) in [5, 5.41) is 4.12. The van der Waals surface area contributed by atoms with Gasteiger partial charge in [-0.1, -0.05) is 52.8 Å². The van der Waals surface area contributed by atoms with E-state index in [1.807, 2.05) is 31.4 Å². The van der Waals surface area contributed by atoms with E-state index in [0.717, 1.165) is 63.4 Å². The first-order valence-electron chi connectivity index (χ1n) is 10.8. The summed E-state index contributed by atoms with van der Waals surface area (Å²) in [6.45, 7) is 14.3. The van der Waals surface area contributed by atoms with Crippen molar-refractivity contribution in [1.82, 2.24) is 14.5 Å². The summed E-state index contributed by atoms with van der Waals surface area (Å²) in [5.41, 5.74) is 3.67. The number of rotatable bonds is 6. The second-order valence-electron chi connectivity index (χ2n) is 9.25. The Balaban J connectivity index is 0.000000491. The molecule has 0 atom stereocenters. The van der Waals surface area contributed by atoms with E-state index in [1.54, 1.807) is 11.8 Å². The van der Waals surface area contributed by atoms with Gasteiger partial charge in [-0.2, -0.15) is 0 Å². The summed E-state index contributed by atoms with van der Waals surface area (Å²) < 4.78 is 13.3. The van der Waals surface area contributed by atoms with Crippen molar-refractivity contribution < 1.29 is 9.47 Å². The monoisotopic (exact) mass is 442 g/mol. The summed E-state index contributed by atoms with van der Waals surface area (Å²) in [6, 6.07) is 6.11. The minimum Gasteiger partial charge on any atom is -0.454 e. The van der Waals surface area contributed by atoms with Gasteiger partial charge in [-0.15, -0.1) is 0 Å². The van der Waals surface area contributed by atoms with Crippen molar-refractivity contribution in [2.24, 2.45) is 5.41 Å². The van der Waals surface area contributed by atoms with Gasteiger partial charge in [0.25, 0.3) is 0 Å². The van der Waals surface area contributed by atoms with Crippen LogP contribution in [0, 0.1) is 12.3 Å². The molecule has 1 aromatic carbocycles. The molecule has 0 fully saturated rings. The predicted octanol–water partition coefficient (Wildman–Crippen LogP) is 6.51. The van der Waals surface area contributed by atoms with Crippen LogP contribution in [-0.2, 0) is 6.54 Å². The van der Waals surface area contributed by atoms with Gasteiger partial charge in [0.1, 0.15) is 5.52 Å². The van der Waals surface area contributed by atoms with E-state index >= 15 is 0 Å². The largest absolute Gasteiger partial charge is 0.454 e. The fourth-order valence-corrected chi connectivity index (χ4v) is 4.08. The molecule has 7 heteroatoms. The molecule has 0 bridgehead atoms. The third kappa shape index (κ3) is 5.85. The number of nitrogens with zero attached hydrogens (tertiary/aromatic N) is 3. The van der Waals surface area contributed by atoms with Gasteiger partial charge in [0.2, 0.25) is 6.79 Å². The number of hydrogen-bond donors (Lipinski definition) is 1. The number of anilines is 1. The van der Waals surface area contributed by atoms with Crippen molar-refractivity contribution in [3.8, 4) is 11.5 Å². The second kappa shape index (κ2) is 9.81. The van der Waals surface area contributed by atoms with Crippen LogP contribution in [0.2, 0.25) is 0 Å². The smallest absolute Gasteiger partial charge is 0.231 e. The zero-order valence-electron chi connectivity index (χ0n) is 19.7. The fraction of sp³-hybridized carbons (Fsp3) is 0.500. The number of aryl methyl sites for hydroxylation is 2. The molecule has 2 aromatic heterocycles. The van der Waals surface area contributed by atoms with Crippen molar-refractivity contribution >= 4 is 28.6 Å². The van der Waals surface area contributed by atoms with Gasteiger partial charge in [-0.25, -0.2) is 9.97 Å². The molecule has 3 heterocycles. The van der Waals surface area contributed by atoms with E-state index in [-0.39, 0.29) is 6.79 Å². The van der Waals surface area contributed by atoms with Crippen molar-refractivity contribution in [1.29, 1.82) is 0 Å². The summed E-state index contributed by atoms with van der Waals surface area (Å²) in [7, 11) is 1.88. The maximum absolute atomic E-state index is 5.54. The normalized spacial score (nSPS) is 12.6. The second-order valence-corrected chi connectivity index (χ2v) is 10.3. The van der Waals surface area contributed by atoms with E-state index in [1.165, 1.54) is 0 Å². The third-order valence-corrected chi connectivity index (χ3v) is 5.63. The highest BCUT2D eigenvalue weighted by Crippen LogP contribution is 2.41. The topological polar surface area (TPSA) is 61.2 Å². The number of benzene rings is 1. The molecule has 3 aromatic rings. The molecule has 0 radical (unpaired) electrons. The molecule has 0 spiro atoms. The Bertz CT molecular complexity index is 1030. The summed E-state index contributed by atoms with van der Waals surface area (Å²) in [4.78, 5) is 10.4. The summed E-state index contributed by atoms with van der Waals surface area (Å²) in [6.07, 6.45) is 4.08. The van der Waals surface area contributed by atoms with E-state index in [9.17, 15) is 0 Å². The van der Waals surface area contributed by atoms with Gasteiger partial charge in [0.05, 0.1) is 5.52 Å². The molecule has 0 unspecified atom stereocenters. The number of unbranched alkanes of at least 4 members (excludes halogenated alkanes) is 1. The first-order chi connectivity index (χ1) is 14.7. The number of hydrogen-bond acceptors (Lipinski definition) is 6. The number of aromatic nitrogens is 3. The van der Waals surface area contributed by atoms with Gasteiger partial charge in [0.15, 0.2) is 22.5 Å². The number of ether oxygens (including phenoxy) is 2. The fourth-order valence-electron chi connectivity index (χ4n) is 3.06. The Morgan fingerprint density at radius 3 is 2.48 bits per heavy atom. The summed E-state index contributed by atoms with van der Waals surface area (Å²) in [5.74, 6) is 2.42. The van der Waals surface area contributed by atoms with Crippen molar-refractivity contribution in [2.75, 3.05) is 19.2 Å². The molecule has 6 nitrogen and oxygen atoms in total. The van der Waals surface area contributed by atoms with E-state index in [0.29, 0.717) is 5.41 Å². The van der Waals surface area contributed by atoms with Crippen LogP contribution < -0.4 is 14.8 Å². The van der Waals surface area contributed by atoms with Crippen LogP contribution in [0.4, 0.5) is 5.82 Å². The third-order valence-electron chi connectivity index (χ3n) is 4.48. The number of nitrogens with one attached hydrogen (secondary N) is 1. The van der Waals surface area contributed by atoms with Crippen LogP contribution in [0.3, 0.4) is 0 Å². The van der Waals surface area contributed by atoms with Gasteiger partial charge in [0, 0.05) is 24.7 Å². The SMILES string of the molecule is CC(C)(C)C.CCCCn1c(Sc2cc3c(cc2C)OCO3)nc2c(NC)nccc21. The number of imidazole rings is 1. The molecule has 1 aliphatic rings. The first-order valence-corrected chi connectivity index (χ1v) is 11.6. The first kappa shape index (κ1) is 23.3. The molecule has 0 saturated carbocycles. The van der Waals surface area contributed by atoms with Gasteiger partial charge < -0.3 is 19.4 Å². The Morgan fingerprint density at radius 2 is 1.84 bits per heavy atom. The lowest BCUT2D eigenvalue weighted by Crippen LogP contribution is -2.00. The van der Waals surface area contributed by atoms with Crippen LogP contribution in [0.15, 0.2) is 34.4 Å². The molecular formula is C24H34N4O2S. The molecule has 0 saturated heterocycles. The van der Waals surface area contributed by atoms with Crippen LogP contribution in [-0.4, -0.2) is 28.4 Å². The minimum absolute atomic E-state index is 0.287. The molecule has 4 rings (SSSR count). The Morgan fingerprint density at radius 1 is 1.16 bits per heavy atom. The zero-order valence-corrected chi connectivity index (χ0v) is 20.5. The lowest BCUT2D eigenvalue weighted by Gasteiger charge is -2.10. The van der Waals surface area contributed by atoms with Crippen molar-refractivity contribution in [3.05, 3.63) is 30.0 Å². The molecule has 0 amide bonds. The highest BCUT2D eigenvalue weighted by atomic mass is 32.2. The predicted molar refractivity (Wildman–Crippen MR) is 129 cm³/mol. The van der Waals surface area contributed by atoms with E-state index in [2.05, 4.69) is 56.4 Å². The molecule has 168 valence electrons. The number of fused-ring (bicyclic) bond motifs is 2. The Hall–Kier alpha value is -2.41. The van der Waals surface area contributed by atoms with Crippen LogP contribution in [0.1, 0.15) is 53.0 Å². The van der Waals surface area contributed by atoms with Crippen LogP contribution in [0.5, 0.6) is 11.5 Å². The Kier molecular flexibility index (Phi) is 7.36. The Labute approximate surface area is 189 Å². The van der Waals surface area contributed by atoms with Crippen LogP contribution >= 0.6 is 11.8 Å². The molecule has 1 aliphatic heterocycles. The number of pyridine rings is 1. The lowest BCUT2D eigenvalue weighted by molar-refractivity contribution is 0.174. The van der Waals surface area contributed by atoms with Gasteiger partial charge >= 0.3 is 0 Å². The lowest BCUT2D eigenvalue weighted by atomic mass is 10.0. The zero-order chi connectivity index (χ0) is 22.6. The quantitative estimate of drug-likeness (QED) is 0.469. The van der Waals surface area contributed by atoms with E-state index < -0.39 is 0 Å². The maximum atomic E-state index is 5.54. The average Bonchev–Trinajstić information content (AvgIpc) is 3.28. The molecule has 31 heavy (non-hydrogen) atoms. The van der Waals surface area contributed by atoms with Gasteiger partial charge in [-0.3, -0.25) is 0 Å². The van der Waals surface area contributed by atoms with Crippen molar-refractivity contribution in [2.45, 2.75) is 71.0 Å². The van der Waals surface area contributed by atoms with Gasteiger partial charge in [-0.05, 0) is 42.5 Å². The maximum Gasteiger partial charge on any atom is 0.231 e. The molecular weight excluding hydrogens is 408 g/mol.